The van der Waals surface area contributed by atoms with E-state index in [2.05, 4.69) is 5.09 Å². The summed E-state index contributed by atoms with van der Waals surface area (Å²) in [6.07, 6.45) is 0. The maximum Gasteiger partial charge on any atom is 0.152 e. The minimum atomic E-state index is -1.22. The number of hydrogen-bond donors (Lipinski definition) is 1. The lowest BCUT2D eigenvalue weighted by Crippen LogP contribution is -2.18. The second kappa shape index (κ2) is 6.84. The van der Waals surface area contributed by atoms with Crippen molar-refractivity contribution >= 4 is 24.4 Å². The van der Waals surface area contributed by atoms with Crippen LogP contribution in [0.15, 0.2) is 72.8 Å². The summed E-state index contributed by atoms with van der Waals surface area (Å²) < 4.78 is 41.0. The van der Waals surface area contributed by atoms with Crippen molar-refractivity contribution in [3.63, 3.8) is 0 Å². The monoisotopic (exact) mass is 331 g/mol. The first-order valence-corrected chi connectivity index (χ1v) is 8.31. The van der Waals surface area contributed by atoms with Gasteiger partial charge in [0.15, 0.2) is 11.6 Å². The van der Waals surface area contributed by atoms with Crippen molar-refractivity contribution in [2.75, 3.05) is 5.09 Å². The molecule has 0 amide bonds. The lowest BCUT2D eigenvalue weighted by molar-refractivity contribution is 0.549. The van der Waals surface area contributed by atoms with Gasteiger partial charge >= 0.3 is 0 Å². The van der Waals surface area contributed by atoms with E-state index in [1.165, 1.54) is 0 Å². The molecule has 23 heavy (non-hydrogen) atoms. The minimum Gasteiger partial charge on any atom is -0.352 e. The van der Waals surface area contributed by atoms with Gasteiger partial charge in [-0.2, -0.15) is 0 Å². The van der Waals surface area contributed by atoms with E-state index in [1.807, 2.05) is 60.7 Å². The summed E-state index contributed by atoms with van der Waals surface area (Å²) in [5, 5.41) is 4.75. The fourth-order valence-electron chi connectivity index (χ4n) is 2.19. The summed E-state index contributed by atoms with van der Waals surface area (Å²) in [7, 11) is -1.22. The van der Waals surface area contributed by atoms with Gasteiger partial charge in [-0.1, -0.05) is 60.7 Å². The van der Waals surface area contributed by atoms with E-state index in [4.69, 9.17) is 0 Å². The molecule has 5 heteroatoms. The maximum atomic E-state index is 14.0. The lowest BCUT2D eigenvalue weighted by atomic mass is 10.3. The Labute approximate surface area is 133 Å². The summed E-state index contributed by atoms with van der Waals surface area (Å²) in [4.78, 5) is 0. The van der Waals surface area contributed by atoms with Gasteiger partial charge in [0.2, 0.25) is 0 Å². The average molecular weight is 331 g/mol. The zero-order valence-electron chi connectivity index (χ0n) is 12.0. The molecule has 3 aromatic rings. The Bertz CT molecular complexity index is 731. The topological polar surface area (TPSA) is 12.0 Å². The van der Waals surface area contributed by atoms with E-state index in [0.29, 0.717) is 12.1 Å². The lowest BCUT2D eigenvalue weighted by Gasteiger charge is -2.21. The van der Waals surface area contributed by atoms with E-state index < -0.39 is 25.5 Å². The highest BCUT2D eigenvalue weighted by molar-refractivity contribution is 7.74. The molecule has 0 spiro atoms. The van der Waals surface area contributed by atoms with Gasteiger partial charge in [-0.25, -0.2) is 13.2 Å². The molecule has 0 heterocycles. The van der Waals surface area contributed by atoms with Crippen LogP contribution in [0.1, 0.15) is 0 Å². The molecule has 0 radical (unpaired) electrons. The highest BCUT2D eigenvalue weighted by Gasteiger charge is 2.19. The average Bonchev–Trinajstić information content (AvgIpc) is 2.56. The number of nitrogens with one attached hydrogen (secondary N) is 1. The standard InChI is InChI=1S/C18H13F3NP/c19-13-11-16(20)18(17(21)12-13)22-23(14-7-3-1-4-8-14)15-9-5-2-6-10-15/h1-12,22H. The van der Waals surface area contributed by atoms with Crippen LogP contribution in [0.25, 0.3) is 0 Å². The van der Waals surface area contributed by atoms with Crippen LogP contribution in [-0.2, 0) is 0 Å². The van der Waals surface area contributed by atoms with E-state index in [1.54, 1.807) is 0 Å². The maximum absolute atomic E-state index is 14.0. The van der Waals surface area contributed by atoms with Crippen molar-refractivity contribution in [1.82, 2.24) is 0 Å². The SMILES string of the molecule is Fc1cc(F)c(NP(c2ccccc2)c2ccccc2)c(F)c1. The number of rotatable bonds is 4. The molecule has 1 nitrogen and oxygen atoms in total. The van der Waals surface area contributed by atoms with Crippen molar-refractivity contribution in [3.8, 4) is 0 Å². The van der Waals surface area contributed by atoms with Crippen LogP contribution in [0.4, 0.5) is 18.9 Å². The molecule has 3 aromatic carbocycles. The first-order valence-electron chi connectivity index (χ1n) is 6.96. The zero-order valence-corrected chi connectivity index (χ0v) is 12.9. The Morgan fingerprint density at radius 2 is 1.09 bits per heavy atom. The van der Waals surface area contributed by atoms with Gasteiger partial charge in [0.25, 0.3) is 0 Å². The second-order valence-electron chi connectivity index (χ2n) is 4.86. The van der Waals surface area contributed by atoms with Crippen LogP contribution in [0, 0.1) is 17.5 Å². The van der Waals surface area contributed by atoms with Crippen molar-refractivity contribution in [2.45, 2.75) is 0 Å². The minimum absolute atomic E-state index is 0.315. The summed E-state index contributed by atoms with van der Waals surface area (Å²) in [6, 6.07) is 20.1. The first-order chi connectivity index (χ1) is 11.1. The van der Waals surface area contributed by atoms with Crippen molar-refractivity contribution in [2.24, 2.45) is 0 Å². The van der Waals surface area contributed by atoms with E-state index in [0.717, 1.165) is 10.6 Å². The third-order valence-electron chi connectivity index (χ3n) is 3.26. The largest absolute Gasteiger partial charge is 0.352 e. The van der Waals surface area contributed by atoms with Gasteiger partial charge in [0.1, 0.15) is 11.5 Å². The quantitative estimate of drug-likeness (QED) is 0.691. The Kier molecular flexibility index (Phi) is 4.63. The van der Waals surface area contributed by atoms with Crippen molar-refractivity contribution < 1.29 is 13.2 Å². The molecular weight excluding hydrogens is 318 g/mol. The Hall–Kier alpha value is -2.32. The van der Waals surface area contributed by atoms with Crippen LogP contribution in [-0.4, -0.2) is 0 Å². The smallest absolute Gasteiger partial charge is 0.152 e. The van der Waals surface area contributed by atoms with E-state index in [9.17, 15) is 13.2 Å². The molecule has 0 aliphatic heterocycles. The fraction of sp³-hybridized carbons (Fsp3) is 0. The number of halogens is 3. The third kappa shape index (κ3) is 3.54. The van der Waals surface area contributed by atoms with Gasteiger partial charge in [-0.05, 0) is 0 Å². The fourth-order valence-corrected chi connectivity index (χ4v) is 4.13. The van der Waals surface area contributed by atoms with Gasteiger partial charge < -0.3 is 5.09 Å². The molecular formula is C18H13F3NP. The first kappa shape index (κ1) is 15.6. The molecule has 0 aromatic heterocycles. The number of anilines is 1. The van der Waals surface area contributed by atoms with Gasteiger partial charge in [-0.15, -0.1) is 0 Å². The Balaban J connectivity index is 2.04. The van der Waals surface area contributed by atoms with Gasteiger partial charge in [-0.3, -0.25) is 0 Å². The molecule has 0 aliphatic rings. The summed E-state index contributed by atoms with van der Waals surface area (Å²) in [6.45, 7) is 0. The summed E-state index contributed by atoms with van der Waals surface area (Å²) >= 11 is 0. The van der Waals surface area contributed by atoms with Crippen LogP contribution in [0.5, 0.6) is 0 Å². The molecule has 116 valence electrons. The zero-order chi connectivity index (χ0) is 16.2. The third-order valence-corrected chi connectivity index (χ3v) is 5.34. The predicted molar refractivity (Wildman–Crippen MR) is 89.0 cm³/mol. The predicted octanol–water partition coefficient (Wildman–Crippen LogP) is 4.56. The molecule has 0 fully saturated rings. The van der Waals surface area contributed by atoms with E-state index >= 15 is 0 Å². The van der Waals surface area contributed by atoms with Gasteiger partial charge in [0, 0.05) is 22.7 Å². The number of hydrogen-bond acceptors (Lipinski definition) is 1. The molecule has 3 rings (SSSR count). The van der Waals surface area contributed by atoms with Crippen LogP contribution >= 0.6 is 8.07 Å². The van der Waals surface area contributed by atoms with Gasteiger partial charge in [0.05, 0.1) is 8.07 Å². The van der Waals surface area contributed by atoms with Crippen molar-refractivity contribution in [1.29, 1.82) is 0 Å². The molecule has 0 saturated heterocycles. The summed E-state index contributed by atoms with van der Waals surface area (Å²) in [5.41, 5.74) is -0.315. The number of benzene rings is 3. The molecule has 0 saturated carbocycles. The van der Waals surface area contributed by atoms with Crippen molar-refractivity contribution in [3.05, 3.63) is 90.2 Å². The highest BCUT2D eigenvalue weighted by Crippen LogP contribution is 2.36. The summed E-state index contributed by atoms with van der Waals surface area (Å²) in [5.74, 6) is -2.82. The molecule has 0 bridgehead atoms. The normalized spacial score (nSPS) is 10.8. The molecule has 1 N–H and O–H groups in total. The molecule has 0 unspecified atom stereocenters. The van der Waals surface area contributed by atoms with Crippen LogP contribution in [0.2, 0.25) is 0 Å². The van der Waals surface area contributed by atoms with E-state index in [-0.39, 0.29) is 5.69 Å². The Morgan fingerprint density at radius 3 is 1.52 bits per heavy atom. The molecule has 0 atom stereocenters. The van der Waals surface area contributed by atoms with Crippen LogP contribution < -0.4 is 15.7 Å². The molecule has 0 aliphatic carbocycles. The Morgan fingerprint density at radius 1 is 0.652 bits per heavy atom. The van der Waals surface area contributed by atoms with Crippen LogP contribution in [0.3, 0.4) is 0 Å². The second-order valence-corrected chi connectivity index (χ2v) is 6.79. The highest BCUT2D eigenvalue weighted by atomic mass is 31.1.